The van der Waals surface area contributed by atoms with Crippen molar-refractivity contribution in [1.82, 2.24) is 24.7 Å². The van der Waals surface area contributed by atoms with E-state index in [1.165, 1.54) is 0 Å². The number of nitrogens with zero attached hydrogens (tertiary/aromatic N) is 5. The van der Waals surface area contributed by atoms with Gasteiger partial charge in [-0.1, -0.05) is 12.1 Å². The fourth-order valence-electron chi connectivity index (χ4n) is 3.78. The quantitative estimate of drug-likeness (QED) is 0.661. The van der Waals surface area contributed by atoms with Crippen molar-refractivity contribution in [3.63, 3.8) is 0 Å². The smallest absolute Gasteiger partial charge is 0.276 e. The summed E-state index contributed by atoms with van der Waals surface area (Å²) in [4.78, 5) is 14.8. The van der Waals surface area contributed by atoms with Crippen LogP contribution in [0.25, 0.3) is 16.8 Å². The Morgan fingerprint density at radius 3 is 2.45 bits per heavy atom. The maximum absolute atomic E-state index is 13.0. The number of likely N-dealkylation sites (tertiary alicyclic amines) is 1. The lowest BCUT2D eigenvalue weighted by Gasteiger charge is -2.26. The zero-order chi connectivity index (χ0) is 20.4. The van der Waals surface area contributed by atoms with Gasteiger partial charge in [0.25, 0.3) is 5.91 Å². The number of aromatic nitrogens is 4. The van der Waals surface area contributed by atoms with Gasteiger partial charge >= 0.3 is 0 Å². The van der Waals surface area contributed by atoms with E-state index < -0.39 is 0 Å². The molecule has 152 valence electrons. The normalized spacial score (nSPS) is 14.4. The van der Waals surface area contributed by atoms with Crippen LogP contribution >= 0.6 is 0 Å². The van der Waals surface area contributed by atoms with E-state index in [0.29, 0.717) is 23.6 Å². The van der Waals surface area contributed by atoms with E-state index in [1.807, 2.05) is 36.1 Å². The highest BCUT2D eigenvalue weighted by Gasteiger charge is 2.25. The minimum atomic E-state index is -0.0774. The predicted molar refractivity (Wildman–Crippen MR) is 108 cm³/mol. The van der Waals surface area contributed by atoms with Gasteiger partial charge in [-0.2, -0.15) is 5.10 Å². The van der Waals surface area contributed by atoms with Crippen molar-refractivity contribution >= 4 is 11.6 Å². The molecule has 1 amide bonds. The topological polar surface area (TPSA) is 81.9 Å². The molecule has 0 radical (unpaired) electrons. The van der Waals surface area contributed by atoms with Crippen LogP contribution in [0.3, 0.4) is 0 Å². The third-order valence-corrected chi connectivity index (χ3v) is 5.34. The molecule has 4 rings (SSSR count). The zero-order valence-electron chi connectivity index (χ0n) is 17.0. The number of fused-ring (bicyclic) bond motifs is 1. The number of ether oxygens (including phenoxy) is 2. The number of piperidine rings is 1. The molecule has 0 N–H and O–H groups in total. The number of hydrogen-bond donors (Lipinski definition) is 0. The van der Waals surface area contributed by atoms with Crippen LogP contribution < -0.4 is 4.74 Å². The van der Waals surface area contributed by atoms with E-state index in [2.05, 4.69) is 10.2 Å². The second-order valence-electron chi connectivity index (χ2n) is 7.21. The molecule has 1 aromatic carbocycles. The van der Waals surface area contributed by atoms with Crippen LogP contribution in [0.1, 0.15) is 41.1 Å². The Balaban J connectivity index is 1.80. The SMILES string of the molecule is COCc1nn2c(C)c(C(=O)N3CCCCC3)nnc2c1-c1ccc(OC)cc1. The number of methoxy groups -OCH3 is 2. The summed E-state index contributed by atoms with van der Waals surface area (Å²) >= 11 is 0. The Bertz CT molecular complexity index is 1020. The van der Waals surface area contributed by atoms with Crippen molar-refractivity contribution in [2.24, 2.45) is 0 Å². The van der Waals surface area contributed by atoms with Gasteiger partial charge in [0.2, 0.25) is 0 Å². The summed E-state index contributed by atoms with van der Waals surface area (Å²) in [5, 5.41) is 13.4. The molecule has 8 nitrogen and oxygen atoms in total. The Labute approximate surface area is 169 Å². The largest absolute Gasteiger partial charge is 0.497 e. The van der Waals surface area contributed by atoms with Gasteiger partial charge in [0.1, 0.15) is 5.75 Å². The number of carbonyl (C=O) groups is 1. The molecule has 0 bridgehead atoms. The maximum Gasteiger partial charge on any atom is 0.276 e. The van der Waals surface area contributed by atoms with E-state index in [0.717, 1.165) is 54.9 Å². The highest BCUT2D eigenvalue weighted by molar-refractivity contribution is 5.93. The molecule has 8 heteroatoms. The summed E-state index contributed by atoms with van der Waals surface area (Å²) in [5.74, 6) is 0.696. The third-order valence-electron chi connectivity index (χ3n) is 5.34. The lowest BCUT2D eigenvalue weighted by atomic mass is 10.1. The molecule has 3 heterocycles. The van der Waals surface area contributed by atoms with E-state index in [9.17, 15) is 4.79 Å². The van der Waals surface area contributed by atoms with Gasteiger partial charge in [-0.25, -0.2) is 4.52 Å². The minimum absolute atomic E-state index is 0.0774. The molecular formula is C21H25N5O3. The molecule has 1 saturated heterocycles. The number of hydrogen-bond acceptors (Lipinski definition) is 6. The van der Waals surface area contributed by atoms with Crippen LogP contribution in [0.4, 0.5) is 0 Å². The van der Waals surface area contributed by atoms with Crippen molar-refractivity contribution in [2.45, 2.75) is 32.8 Å². The van der Waals surface area contributed by atoms with Gasteiger partial charge < -0.3 is 14.4 Å². The first-order valence-electron chi connectivity index (χ1n) is 9.81. The van der Waals surface area contributed by atoms with Crippen molar-refractivity contribution in [3.05, 3.63) is 41.3 Å². The molecular weight excluding hydrogens is 370 g/mol. The Morgan fingerprint density at radius 2 is 1.79 bits per heavy atom. The summed E-state index contributed by atoms with van der Waals surface area (Å²) in [5.41, 5.74) is 4.18. The van der Waals surface area contributed by atoms with Crippen molar-refractivity contribution in [1.29, 1.82) is 0 Å². The Hall–Kier alpha value is -3.00. The standard InChI is InChI=1S/C21H25N5O3/c1-14-19(21(27)25-11-5-4-6-12-25)22-23-20-18(17(13-28-2)24-26(14)20)15-7-9-16(29-3)10-8-15/h7-10H,4-6,11-13H2,1-3H3. The third kappa shape index (κ3) is 3.55. The summed E-state index contributed by atoms with van der Waals surface area (Å²) < 4.78 is 12.3. The fourth-order valence-corrected chi connectivity index (χ4v) is 3.78. The highest BCUT2D eigenvalue weighted by atomic mass is 16.5. The lowest BCUT2D eigenvalue weighted by molar-refractivity contribution is 0.0715. The number of aryl methyl sites for hydroxylation is 1. The van der Waals surface area contributed by atoms with Gasteiger partial charge in [0.05, 0.1) is 30.7 Å². The maximum atomic E-state index is 13.0. The first-order valence-corrected chi connectivity index (χ1v) is 9.81. The van der Waals surface area contributed by atoms with Gasteiger partial charge in [-0.3, -0.25) is 4.79 Å². The Kier molecular flexibility index (Phi) is 5.44. The van der Waals surface area contributed by atoms with Crippen LogP contribution in [-0.2, 0) is 11.3 Å². The van der Waals surface area contributed by atoms with Crippen LogP contribution in [-0.4, -0.2) is 57.9 Å². The van der Waals surface area contributed by atoms with Crippen molar-refractivity contribution in [3.8, 4) is 16.9 Å². The molecule has 3 aromatic rings. The number of rotatable bonds is 5. The lowest BCUT2D eigenvalue weighted by Crippen LogP contribution is -2.37. The summed E-state index contributed by atoms with van der Waals surface area (Å²) in [6, 6.07) is 7.70. The molecule has 1 aliphatic heterocycles. The van der Waals surface area contributed by atoms with Crippen LogP contribution in [0.2, 0.25) is 0 Å². The first-order chi connectivity index (χ1) is 14.1. The van der Waals surface area contributed by atoms with E-state index >= 15 is 0 Å². The molecule has 0 atom stereocenters. The van der Waals surface area contributed by atoms with E-state index in [4.69, 9.17) is 14.6 Å². The molecule has 2 aromatic heterocycles. The molecule has 0 spiro atoms. The van der Waals surface area contributed by atoms with Crippen LogP contribution in [0.5, 0.6) is 5.75 Å². The molecule has 1 fully saturated rings. The average molecular weight is 395 g/mol. The van der Waals surface area contributed by atoms with Crippen LogP contribution in [0, 0.1) is 6.92 Å². The predicted octanol–water partition coefficient (Wildman–Crippen LogP) is 2.88. The van der Waals surface area contributed by atoms with E-state index in [-0.39, 0.29) is 5.91 Å². The summed E-state index contributed by atoms with van der Waals surface area (Å²) in [7, 11) is 3.27. The van der Waals surface area contributed by atoms with Crippen LogP contribution in [0.15, 0.2) is 24.3 Å². The Morgan fingerprint density at radius 1 is 1.07 bits per heavy atom. The molecule has 0 unspecified atom stereocenters. The van der Waals surface area contributed by atoms with Crippen molar-refractivity contribution < 1.29 is 14.3 Å². The first kappa shape index (κ1) is 19.3. The number of carbonyl (C=O) groups excluding carboxylic acids is 1. The number of amides is 1. The second-order valence-corrected chi connectivity index (χ2v) is 7.21. The van der Waals surface area contributed by atoms with Gasteiger partial charge in [-0.05, 0) is 43.9 Å². The monoisotopic (exact) mass is 395 g/mol. The summed E-state index contributed by atoms with van der Waals surface area (Å²) in [6.07, 6.45) is 3.22. The molecule has 0 saturated carbocycles. The van der Waals surface area contributed by atoms with Gasteiger partial charge in [0.15, 0.2) is 11.3 Å². The van der Waals surface area contributed by atoms with Gasteiger partial charge in [-0.15, -0.1) is 10.2 Å². The van der Waals surface area contributed by atoms with E-state index in [1.54, 1.807) is 18.7 Å². The zero-order valence-corrected chi connectivity index (χ0v) is 17.0. The molecule has 29 heavy (non-hydrogen) atoms. The fraction of sp³-hybridized carbons (Fsp3) is 0.429. The van der Waals surface area contributed by atoms with Crippen molar-refractivity contribution in [2.75, 3.05) is 27.3 Å². The van der Waals surface area contributed by atoms with Gasteiger partial charge in [0, 0.05) is 20.2 Å². The second kappa shape index (κ2) is 8.16. The number of benzene rings is 1. The summed E-state index contributed by atoms with van der Waals surface area (Å²) in [6.45, 7) is 3.73. The highest BCUT2D eigenvalue weighted by Crippen LogP contribution is 2.30. The molecule has 0 aliphatic carbocycles. The minimum Gasteiger partial charge on any atom is -0.497 e. The molecule has 1 aliphatic rings. The average Bonchev–Trinajstić information content (AvgIpc) is 3.13.